The van der Waals surface area contributed by atoms with Crippen molar-refractivity contribution in [1.29, 1.82) is 0 Å². The van der Waals surface area contributed by atoms with Gasteiger partial charge in [-0.3, -0.25) is 0 Å². The topological polar surface area (TPSA) is 33.1 Å². The minimum absolute atomic E-state index is 0.0189. The number of thiophene rings is 1. The quantitative estimate of drug-likeness (QED) is 0.745. The first-order valence-corrected chi connectivity index (χ1v) is 6.30. The average Bonchev–Trinajstić information content (AvgIpc) is 2.85. The van der Waals surface area contributed by atoms with Gasteiger partial charge in [0.2, 0.25) is 0 Å². The molecule has 1 aromatic carbocycles. The van der Waals surface area contributed by atoms with E-state index in [0.717, 1.165) is 27.0 Å². The third kappa shape index (κ3) is 1.84. The van der Waals surface area contributed by atoms with E-state index in [-0.39, 0.29) is 6.61 Å². The van der Waals surface area contributed by atoms with Gasteiger partial charge >= 0.3 is 0 Å². The maximum absolute atomic E-state index is 9.44. The Bertz CT molecular complexity index is 646. The summed E-state index contributed by atoms with van der Waals surface area (Å²) in [6.07, 6.45) is 0. The average molecular weight is 241 g/mol. The molecule has 0 aliphatic rings. The first-order valence-electron chi connectivity index (χ1n) is 5.42. The van der Waals surface area contributed by atoms with Crippen molar-refractivity contribution < 1.29 is 5.11 Å². The molecule has 17 heavy (non-hydrogen) atoms. The van der Waals surface area contributed by atoms with Gasteiger partial charge in [0, 0.05) is 11.1 Å². The standard InChI is InChI=1S/C14H11NOS/c16-9-11-8-13-12(6-7-17-13)15-14(11)10-4-2-1-3-5-10/h1-8,16H,9H2. The predicted octanol–water partition coefficient (Wildman–Crippen LogP) is 3.46. The normalized spacial score (nSPS) is 10.9. The van der Waals surface area contributed by atoms with E-state index >= 15 is 0 Å². The Balaban J connectivity index is 2.26. The van der Waals surface area contributed by atoms with Gasteiger partial charge in [-0.05, 0) is 17.5 Å². The second-order valence-electron chi connectivity index (χ2n) is 3.82. The highest BCUT2D eigenvalue weighted by molar-refractivity contribution is 7.17. The first kappa shape index (κ1) is 10.4. The summed E-state index contributed by atoms with van der Waals surface area (Å²) in [4.78, 5) is 4.63. The molecule has 0 unspecified atom stereocenters. The zero-order chi connectivity index (χ0) is 11.7. The molecular formula is C14H11NOS. The van der Waals surface area contributed by atoms with Crippen LogP contribution in [0.25, 0.3) is 21.5 Å². The van der Waals surface area contributed by atoms with E-state index in [4.69, 9.17) is 0 Å². The molecule has 0 spiro atoms. The van der Waals surface area contributed by atoms with E-state index in [1.807, 2.05) is 47.8 Å². The zero-order valence-corrected chi connectivity index (χ0v) is 9.95. The van der Waals surface area contributed by atoms with Gasteiger partial charge in [0.05, 0.1) is 22.5 Å². The Kier molecular flexibility index (Phi) is 2.63. The lowest BCUT2D eigenvalue weighted by Gasteiger charge is -2.06. The number of rotatable bonds is 2. The number of nitrogens with zero attached hydrogens (tertiary/aromatic N) is 1. The summed E-state index contributed by atoms with van der Waals surface area (Å²) in [6, 6.07) is 14.0. The minimum atomic E-state index is 0.0189. The lowest BCUT2D eigenvalue weighted by atomic mass is 10.1. The van der Waals surface area contributed by atoms with Crippen molar-refractivity contribution >= 4 is 21.6 Å². The fourth-order valence-corrected chi connectivity index (χ4v) is 2.69. The number of pyridine rings is 1. The van der Waals surface area contributed by atoms with Gasteiger partial charge in [-0.1, -0.05) is 30.3 Å². The van der Waals surface area contributed by atoms with Crippen LogP contribution in [0.5, 0.6) is 0 Å². The fourth-order valence-electron chi connectivity index (χ4n) is 1.90. The highest BCUT2D eigenvalue weighted by Gasteiger charge is 2.08. The van der Waals surface area contributed by atoms with Gasteiger partial charge < -0.3 is 5.11 Å². The van der Waals surface area contributed by atoms with Gasteiger partial charge in [-0.2, -0.15) is 0 Å². The molecule has 0 aliphatic carbocycles. The molecule has 3 heteroatoms. The smallest absolute Gasteiger partial charge is 0.0817 e. The largest absolute Gasteiger partial charge is 0.392 e. The van der Waals surface area contributed by atoms with Crippen molar-refractivity contribution in [2.24, 2.45) is 0 Å². The maximum Gasteiger partial charge on any atom is 0.0817 e. The van der Waals surface area contributed by atoms with Gasteiger partial charge in [0.1, 0.15) is 0 Å². The molecule has 0 aliphatic heterocycles. The third-order valence-corrected chi connectivity index (χ3v) is 3.59. The van der Waals surface area contributed by atoms with Crippen molar-refractivity contribution in [1.82, 2.24) is 4.98 Å². The van der Waals surface area contributed by atoms with Crippen molar-refractivity contribution in [3.8, 4) is 11.3 Å². The Morgan fingerprint density at radius 3 is 2.71 bits per heavy atom. The Hall–Kier alpha value is -1.71. The molecule has 3 aromatic rings. The van der Waals surface area contributed by atoms with Crippen LogP contribution in [0.4, 0.5) is 0 Å². The Morgan fingerprint density at radius 2 is 1.94 bits per heavy atom. The van der Waals surface area contributed by atoms with Crippen LogP contribution in [0.2, 0.25) is 0 Å². The van der Waals surface area contributed by atoms with Crippen molar-refractivity contribution in [3.05, 3.63) is 53.4 Å². The summed E-state index contributed by atoms with van der Waals surface area (Å²) in [6.45, 7) is 0.0189. The zero-order valence-electron chi connectivity index (χ0n) is 9.13. The van der Waals surface area contributed by atoms with Gasteiger partial charge in [0.25, 0.3) is 0 Å². The van der Waals surface area contributed by atoms with Crippen molar-refractivity contribution in [2.75, 3.05) is 0 Å². The molecule has 0 radical (unpaired) electrons. The molecular weight excluding hydrogens is 230 g/mol. The molecule has 0 saturated carbocycles. The van der Waals surface area contributed by atoms with Crippen LogP contribution in [0.15, 0.2) is 47.8 Å². The van der Waals surface area contributed by atoms with Gasteiger partial charge in [-0.25, -0.2) is 4.98 Å². The van der Waals surface area contributed by atoms with Gasteiger partial charge in [-0.15, -0.1) is 11.3 Å². The molecule has 2 heterocycles. The molecule has 0 amide bonds. The Morgan fingerprint density at radius 1 is 1.12 bits per heavy atom. The first-order chi connectivity index (χ1) is 8.38. The molecule has 2 aromatic heterocycles. The number of aromatic nitrogens is 1. The van der Waals surface area contributed by atoms with Crippen molar-refractivity contribution in [2.45, 2.75) is 6.61 Å². The summed E-state index contributed by atoms with van der Waals surface area (Å²) in [5, 5.41) is 11.5. The lowest BCUT2D eigenvalue weighted by molar-refractivity contribution is 0.282. The molecule has 2 nitrogen and oxygen atoms in total. The number of benzene rings is 1. The maximum atomic E-state index is 9.44. The second kappa shape index (κ2) is 4.28. The molecule has 3 rings (SSSR count). The summed E-state index contributed by atoms with van der Waals surface area (Å²) >= 11 is 1.65. The number of aliphatic hydroxyl groups excluding tert-OH is 1. The number of hydrogen-bond acceptors (Lipinski definition) is 3. The van der Waals surface area contributed by atoms with E-state index in [2.05, 4.69) is 4.98 Å². The summed E-state index contributed by atoms with van der Waals surface area (Å²) < 4.78 is 1.12. The second-order valence-corrected chi connectivity index (χ2v) is 4.77. The van der Waals surface area contributed by atoms with Gasteiger partial charge in [0.15, 0.2) is 0 Å². The highest BCUT2D eigenvalue weighted by atomic mass is 32.1. The monoisotopic (exact) mass is 241 g/mol. The Labute approximate surface area is 103 Å². The molecule has 0 fully saturated rings. The predicted molar refractivity (Wildman–Crippen MR) is 71.0 cm³/mol. The van der Waals surface area contributed by atoms with E-state index in [1.165, 1.54) is 0 Å². The van der Waals surface area contributed by atoms with Crippen LogP contribution < -0.4 is 0 Å². The van der Waals surface area contributed by atoms with E-state index in [1.54, 1.807) is 11.3 Å². The lowest BCUT2D eigenvalue weighted by Crippen LogP contribution is -1.92. The number of hydrogen-bond donors (Lipinski definition) is 1. The van der Waals surface area contributed by atoms with Crippen molar-refractivity contribution in [3.63, 3.8) is 0 Å². The molecule has 0 saturated heterocycles. The number of aliphatic hydroxyl groups is 1. The van der Waals surface area contributed by atoms with Crippen LogP contribution in [-0.4, -0.2) is 10.1 Å². The molecule has 0 atom stereocenters. The van der Waals surface area contributed by atoms with Crippen LogP contribution in [-0.2, 0) is 6.61 Å². The third-order valence-electron chi connectivity index (χ3n) is 2.73. The highest BCUT2D eigenvalue weighted by Crippen LogP contribution is 2.28. The van der Waals surface area contributed by atoms with E-state index in [9.17, 15) is 5.11 Å². The van der Waals surface area contributed by atoms with Crippen LogP contribution >= 0.6 is 11.3 Å². The molecule has 1 N–H and O–H groups in total. The molecule has 84 valence electrons. The van der Waals surface area contributed by atoms with E-state index in [0.29, 0.717) is 0 Å². The SMILES string of the molecule is OCc1cc2sccc2nc1-c1ccccc1. The van der Waals surface area contributed by atoms with Crippen LogP contribution in [0.1, 0.15) is 5.56 Å². The molecule has 0 bridgehead atoms. The van der Waals surface area contributed by atoms with Crippen LogP contribution in [0.3, 0.4) is 0 Å². The summed E-state index contributed by atoms with van der Waals surface area (Å²) in [5.41, 5.74) is 3.79. The minimum Gasteiger partial charge on any atom is -0.392 e. The number of fused-ring (bicyclic) bond motifs is 1. The fraction of sp³-hybridized carbons (Fsp3) is 0.0714. The van der Waals surface area contributed by atoms with E-state index < -0.39 is 0 Å². The summed E-state index contributed by atoms with van der Waals surface area (Å²) in [7, 11) is 0. The van der Waals surface area contributed by atoms with Crippen LogP contribution in [0, 0.1) is 0 Å². The summed E-state index contributed by atoms with van der Waals surface area (Å²) in [5.74, 6) is 0.